The average Bonchev–Trinajstić information content (AvgIpc) is 2.60. The fourth-order valence-corrected chi connectivity index (χ4v) is 3.83. The van der Waals surface area contributed by atoms with Crippen molar-refractivity contribution in [2.45, 2.75) is 23.4 Å². The van der Waals surface area contributed by atoms with Crippen molar-refractivity contribution in [3.05, 3.63) is 34.3 Å². The first kappa shape index (κ1) is 11.8. The van der Waals surface area contributed by atoms with Crippen LogP contribution in [0.2, 0.25) is 0 Å². The summed E-state index contributed by atoms with van der Waals surface area (Å²) >= 11 is 8.63. The molecule has 0 unspecified atom stereocenters. The van der Waals surface area contributed by atoms with Crippen LogP contribution in [0, 0.1) is 3.95 Å². The van der Waals surface area contributed by atoms with E-state index in [0.29, 0.717) is 5.25 Å². The summed E-state index contributed by atoms with van der Waals surface area (Å²) in [6, 6.07) is 10.00. The van der Waals surface area contributed by atoms with Crippen molar-refractivity contribution >= 4 is 35.3 Å². The Kier molecular flexibility index (Phi) is 3.78. The predicted molar refractivity (Wildman–Crippen MR) is 73.3 cm³/mol. The Morgan fingerprint density at radius 3 is 2.62 bits per heavy atom. The quantitative estimate of drug-likeness (QED) is 0.615. The molecule has 0 bridgehead atoms. The zero-order valence-corrected chi connectivity index (χ0v) is 11.5. The second kappa shape index (κ2) is 5.12. The van der Waals surface area contributed by atoms with Gasteiger partial charge in [0.25, 0.3) is 0 Å². The molecule has 16 heavy (non-hydrogen) atoms. The molecule has 0 saturated carbocycles. The molecule has 0 aliphatic rings. The summed E-state index contributed by atoms with van der Waals surface area (Å²) in [4.78, 5) is 0. The molecule has 2 aromatic rings. The van der Waals surface area contributed by atoms with Gasteiger partial charge in [0.05, 0.1) is 5.69 Å². The Hall–Kier alpha value is -0.650. The van der Waals surface area contributed by atoms with Gasteiger partial charge < -0.3 is 0 Å². The van der Waals surface area contributed by atoms with E-state index in [1.807, 2.05) is 35.0 Å². The van der Waals surface area contributed by atoms with E-state index in [1.165, 1.54) is 0 Å². The molecule has 0 saturated heterocycles. The first-order valence-electron chi connectivity index (χ1n) is 4.99. The maximum absolute atomic E-state index is 5.31. The highest BCUT2D eigenvalue weighted by atomic mass is 32.2. The highest BCUT2D eigenvalue weighted by molar-refractivity contribution is 8.01. The van der Waals surface area contributed by atoms with Crippen molar-refractivity contribution in [2.24, 2.45) is 0 Å². The van der Waals surface area contributed by atoms with Gasteiger partial charge in [-0.15, -0.1) is 5.10 Å². The summed E-state index contributed by atoms with van der Waals surface area (Å²) in [6.07, 6.45) is 0. The molecule has 0 spiro atoms. The van der Waals surface area contributed by atoms with E-state index in [-0.39, 0.29) is 0 Å². The third kappa shape index (κ3) is 2.72. The van der Waals surface area contributed by atoms with Crippen LogP contribution in [0.15, 0.2) is 34.7 Å². The molecule has 0 atom stereocenters. The van der Waals surface area contributed by atoms with Crippen LogP contribution >= 0.6 is 35.3 Å². The van der Waals surface area contributed by atoms with Crippen LogP contribution in [-0.2, 0) is 0 Å². The van der Waals surface area contributed by atoms with E-state index >= 15 is 0 Å². The molecule has 5 heteroatoms. The normalized spacial score (nSPS) is 10.9. The summed E-state index contributed by atoms with van der Waals surface area (Å²) in [7, 11) is 0. The van der Waals surface area contributed by atoms with Crippen LogP contribution in [0.4, 0.5) is 0 Å². The van der Waals surface area contributed by atoms with E-state index < -0.39 is 0 Å². The van der Waals surface area contributed by atoms with Gasteiger partial charge in [-0.05, 0) is 24.4 Å². The maximum atomic E-state index is 5.31. The van der Waals surface area contributed by atoms with Crippen LogP contribution in [0.25, 0.3) is 5.69 Å². The van der Waals surface area contributed by atoms with Gasteiger partial charge in [0.15, 0.2) is 8.29 Å². The number of nitrogens with zero attached hydrogens (tertiary/aromatic N) is 2. The largest absolute Gasteiger partial charge is 0.211 e. The first-order chi connectivity index (χ1) is 7.66. The molecule has 0 radical (unpaired) electrons. The molecular formula is C11H12N2S3. The van der Waals surface area contributed by atoms with Crippen LogP contribution in [0.5, 0.6) is 0 Å². The van der Waals surface area contributed by atoms with E-state index in [4.69, 9.17) is 12.2 Å². The third-order valence-electron chi connectivity index (χ3n) is 1.87. The van der Waals surface area contributed by atoms with Gasteiger partial charge in [-0.3, -0.25) is 0 Å². The first-order valence-corrected chi connectivity index (χ1v) is 7.09. The molecule has 0 N–H and O–H groups in total. The topological polar surface area (TPSA) is 17.8 Å². The summed E-state index contributed by atoms with van der Waals surface area (Å²) in [5, 5.41) is 5.05. The molecule has 0 aliphatic carbocycles. The summed E-state index contributed by atoms with van der Waals surface area (Å²) in [6.45, 7) is 4.31. The Balaban J connectivity index is 2.36. The molecule has 84 valence electrons. The standard InChI is InChI=1S/C11H12N2S3/c1-8(2)15-10-12-13(11(14)16-10)9-6-4-3-5-7-9/h3-8H,1-2H3. The monoisotopic (exact) mass is 268 g/mol. The molecule has 0 aliphatic heterocycles. The summed E-state index contributed by atoms with van der Waals surface area (Å²) in [5.74, 6) is 0. The second-order valence-corrected chi connectivity index (χ2v) is 6.99. The molecule has 1 heterocycles. The van der Waals surface area contributed by atoms with Crippen molar-refractivity contribution in [3.8, 4) is 5.69 Å². The molecule has 0 amide bonds. The number of aromatic nitrogens is 2. The van der Waals surface area contributed by atoms with Crippen molar-refractivity contribution in [1.29, 1.82) is 0 Å². The predicted octanol–water partition coefficient (Wildman–Crippen LogP) is 4.16. The van der Waals surface area contributed by atoms with Gasteiger partial charge >= 0.3 is 0 Å². The molecule has 1 aromatic heterocycles. The molecule has 1 aromatic carbocycles. The number of hydrogen-bond donors (Lipinski definition) is 0. The zero-order valence-electron chi connectivity index (χ0n) is 9.08. The Labute approximate surface area is 108 Å². The zero-order chi connectivity index (χ0) is 11.5. The Morgan fingerprint density at radius 1 is 1.31 bits per heavy atom. The molecule has 2 rings (SSSR count). The lowest BCUT2D eigenvalue weighted by atomic mass is 10.3. The minimum absolute atomic E-state index is 0.532. The Bertz CT molecular complexity index is 514. The van der Waals surface area contributed by atoms with Crippen molar-refractivity contribution in [2.75, 3.05) is 0 Å². The minimum Gasteiger partial charge on any atom is -0.211 e. The van der Waals surface area contributed by atoms with Gasteiger partial charge in [0, 0.05) is 5.25 Å². The van der Waals surface area contributed by atoms with E-state index in [9.17, 15) is 0 Å². The molecule has 0 fully saturated rings. The number of hydrogen-bond acceptors (Lipinski definition) is 4. The van der Waals surface area contributed by atoms with Crippen LogP contribution in [-0.4, -0.2) is 15.0 Å². The lowest BCUT2D eigenvalue weighted by Crippen LogP contribution is -1.96. The summed E-state index contributed by atoms with van der Waals surface area (Å²) in [5.41, 5.74) is 1.03. The lowest BCUT2D eigenvalue weighted by molar-refractivity contribution is 0.828. The van der Waals surface area contributed by atoms with E-state index in [2.05, 4.69) is 18.9 Å². The van der Waals surface area contributed by atoms with Crippen LogP contribution in [0.3, 0.4) is 0 Å². The van der Waals surface area contributed by atoms with Gasteiger partial charge in [-0.2, -0.15) is 0 Å². The number of rotatable bonds is 3. The highest BCUT2D eigenvalue weighted by Crippen LogP contribution is 2.27. The van der Waals surface area contributed by atoms with Crippen molar-refractivity contribution < 1.29 is 0 Å². The maximum Gasteiger partial charge on any atom is 0.184 e. The fraction of sp³-hybridized carbons (Fsp3) is 0.273. The minimum atomic E-state index is 0.532. The van der Waals surface area contributed by atoms with Gasteiger partial charge in [-0.25, -0.2) is 4.68 Å². The summed E-state index contributed by atoms with van der Waals surface area (Å²) < 4.78 is 3.66. The SMILES string of the molecule is CC(C)Sc1nn(-c2ccccc2)c(=S)s1. The average molecular weight is 268 g/mol. The van der Waals surface area contributed by atoms with Gasteiger partial charge in [0.2, 0.25) is 0 Å². The lowest BCUT2D eigenvalue weighted by Gasteiger charge is -2.00. The van der Waals surface area contributed by atoms with Crippen LogP contribution in [0.1, 0.15) is 13.8 Å². The van der Waals surface area contributed by atoms with Crippen molar-refractivity contribution in [1.82, 2.24) is 9.78 Å². The van der Waals surface area contributed by atoms with Gasteiger partial charge in [-0.1, -0.05) is 55.1 Å². The van der Waals surface area contributed by atoms with Gasteiger partial charge in [0.1, 0.15) is 0 Å². The third-order valence-corrected chi connectivity index (χ3v) is 4.19. The number of para-hydroxylation sites is 1. The fourth-order valence-electron chi connectivity index (χ4n) is 1.24. The Morgan fingerprint density at radius 2 is 2.00 bits per heavy atom. The van der Waals surface area contributed by atoms with E-state index in [0.717, 1.165) is 14.0 Å². The number of thioether (sulfide) groups is 1. The molecular weight excluding hydrogens is 256 g/mol. The molecule has 2 nitrogen and oxygen atoms in total. The van der Waals surface area contributed by atoms with Crippen LogP contribution < -0.4 is 0 Å². The number of benzene rings is 1. The highest BCUT2D eigenvalue weighted by Gasteiger charge is 2.07. The van der Waals surface area contributed by atoms with E-state index in [1.54, 1.807) is 23.1 Å². The van der Waals surface area contributed by atoms with Crippen molar-refractivity contribution in [3.63, 3.8) is 0 Å². The smallest absolute Gasteiger partial charge is 0.184 e. The second-order valence-electron chi connectivity index (χ2n) is 3.55.